The summed E-state index contributed by atoms with van der Waals surface area (Å²) >= 11 is 1.88. The van der Waals surface area contributed by atoms with Gasteiger partial charge < -0.3 is 4.42 Å². The van der Waals surface area contributed by atoms with Crippen LogP contribution in [0.25, 0.3) is 0 Å². The molecule has 0 fully saturated rings. The Kier molecular flexibility index (Phi) is 3.51. The minimum Gasteiger partial charge on any atom is -0.411 e. The summed E-state index contributed by atoms with van der Waals surface area (Å²) in [5, 5.41) is 9.80. The lowest BCUT2D eigenvalue weighted by molar-refractivity contribution is -0.122. The van der Waals surface area contributed by atoms with Crippen molar-refractivity contribution < 1.29 is 9.21 Å². The Labute approximate surface area is 104 Å². The van der Waals surface area contributed by atoms with Crippen LogP contribution in [0.3, 0.4) is 0 Å². The van der Waals surface area contributed by atoms with Gasteiger partial charge in [-0.25, -0.2) is 0 Å². The van der Waals surface area contributed by atoms with E-state index in [1.165, 1.54) is 12.0 Å². The first-order valence-corrected chi connectivity index (χ1v) is 6.61. The Bertz CT molecular complexity index is 426. The average Bonchev–Trinajstić information content (AvgIpc) is 2.83. The molecule has 0 spiro atoms. The summed E-state index contributed by atoms with van der Waals surface area (Å²) in [6, 6.07) is 0.147. The number of carbonyl (C=O) groups is 1. The molecular formula is C11H15N3O2S. The molecule has 2 rings (SSSR count). The maximum atomic E-state index is 12.1. The smallest absolute Gasteiger partial charge is 0.322 e. The van der Waals surface area contributed by atoms with Crippen LogP contribution in [-0.2, 0) is 4.79 Å². The predicted molar refractivity (Wildman–Crippen MR) is 66.7 cm³/mol. The molecule has 0 unspecified atom stereocenters. The van der Waals surface area contributed by atoms with E-state index in [0.29, 0.717) is 0 Å². The van der Waals surface area contributed by atoms with Gasteiger partial charge in [0.05, 0.1) is 5.41 Å². The number of hydrogen-bond acceptors (Lipinski definition) is 5. The van der Waals surface area contributed by atoms with Crippen LogP contribution in [0, 0.1) is 5.41 Å². The van der Waals surface area contributed by atoms with Crippen LogP contribution in [0.2, 0.25) is 0 Å². The van der Waals surface area contributed by atoms with E-state index < -0.39 is 5.41 Å². The normalized spacial score (nSPS) is 16.5. The van der Waals surface area contributed by atoms with Gasteiger partial charge in [-0.2, -0.15) is 11.8 Å². The van der Waals surface area contributed by atoms with Crippen LogP contribution in [0.4, 0.5) is 6.01 Å². The highest BCUT2D eigenvalue weighted by Crippen LogP contribution is 2.34. The molecule has 1 amide bonds. The van der Waals surface area contributed by atoms with Gasteiger partial charge in [-0.1, -0.05) is 16.7 Å². The number of aromatic nitrogens is 2. The van der Waals surface area contributed by atoms with Gasteiger partial charge in [-0.15, -0.1) is 5.10 Å². The first-order chi connectivity index (χ1) is 8.10. The number of nitrogens with zero attached hydrogens (tertiary/aromatic N) is 2. The van der Waals surface area contributed by atoms with Gasteiger partial charge in [0.15, 0.2) is 0 Å². The molecule has 0 bridgehead atoms. The van der Waals surface area contributed by atoms with Crippen molar-refractivity contribution in [2.24, 2.45) is 5.41 Å². The number of nitrogens with one attached hydrogen (secondary N) is 1. The molecule has 1 aliphatic heterocycles. The molecule has 1 aliphatic rings. The molecule has 0 aliphatic carbocycles. The van der Waals surface area contributed by atoms with Gasteiger partial charge in [-0.05, 0) is 26.0 Å². The molecule has 0 saturated carbocycles. The highest BCUT2D eigenvalue weighted by atomic mass is 32.2. The van der Waals surface area contributed by atoms with Crippen LogP contribution in [-0.4, -0.2) is 27.6 Å². The Morgan fingerprint density at radius 2 is 2.41 bits per heavy atom. The molecule has 92 valence electrons. The maximum absolute atomic E-state index is 12.1. The molecule has 0 aromatic carbocycles. The van der Waals surface area contributed by atoms with E-state index in [-0.39, 0.29) is 11.9 Å². The topological polar surface area (TPSA) is 68.0 Å². The van der Waals surface area contributed by atoms with Gasteiger partial charge in [0.1, 0.15) is 0 Å². The molecule has 1 N–H and O–H groups in total. The van der Waals surface area contributed by atoms with Crippen molar-refractivity contribution in [1.29, 1.82) is 0 Å². The monoisotopic (exact) mass is 253 g/mol. The highest BCUT2D eigenvalue weighted by molar-refractivity contribution is 7.99. The number of hydrogen-bond donors (Lipinski definition) is 1. The predicted octanol–water partition coefficient (Wildman–Crippen LogP) is 2.10. The number of rotatable bonds is 3. The molecule has 1 aromatic rings. The van der Waals surface area contributed by atoms with Crippen molar-refractivity contribution in [3.05, 3.63) is 18.0 Å². The third-order valence-corrected chi connectivity index (χ3v) is 3.81. The number of thioether (sulfide) groups is 1. The van der Waals surface area contributed by atoms with Gasteiger partial charge in [0, 0.05) is 5.75 Å². The van der Waals surface area contributed by atoms with E-state index in [1.54, 1.807) is 0 Å². The van der Waals surface area contributed by atoms with E-state index in [1.807, 2.05) is 25.6 Å². The van der Waals surface area contributed by atoms with Gasteiger partial charge in [0.2, 0.25) is 12.3 Å². The Balaban J connectivity index is 2.09. The quantitative estimate of drug-likeness (QED) is 0.835. The van der Waals surface area contributed by atoms with Crippen molar-refractivity contribution >= 4 is 23.7 Å². The van der Waals surface area contributed by atoms with E-state index in [2.05, 4.69) is 21.6 Å². The minimum absolute atomic E-state index is 0.111. The Morgan fingerprint density at radius 1 is 1.59 bits per heavy atom. The standard InChI is InChI=1S/C11H15N3O2S/c1-11(2,8-3-5-17-6-4-8)9(15)13-10-14-12-7-16-10/h3,7H,4-6H2,1-2H3,(H,13,14,15). The minimum atomic E-state index is -0.532. The van der Waals surface area contributed by atoms with Crippen molar-refractivity contribution in [3.8, 4) is 0 Å². The van der Waals surface area contributed by atoms with E-state index >= 15 is 0 Å². The molecule has 5 nitrogen and oxygen atoms in total. The fourth-order valence-corrected chi connectivity index (χ4v) is 2.57. The van der Waals surface area contributed by atoms with Crippen LogP contribution in [0.15, 0.2) is 22.5 Å². The van der Waals surface area contributed by atoms with Crippen LogP contribution in [0.5, 0.6) is 0 Å². The van der Waals surface area contributed by atoms with Gasteiger partial charge >= 0.3 is 6.01 Å². The fraction of sp³-hybridized carbons (Fsp3) is 0.545. The summed E-state index contributed by atoms with van der Waals surface area (Å²) in [6.45, 7) is 3.83. The Morgan fingerprint density at radius 3 is 3.00 bits per heavy atom. The largest absolute Gasteiger partial charge is 0.411 e. The second-order valence-corrected chi connectivity index (χ2v) is 5.53. The summed E-state index contributed by atoms with van der Waals surface area (Å²) in [5.41, 5.74) is 0.642. The Hall–Kier alpha value is -1.30. The summed E-state index contributed by atoms with van der Waals surface area (Å²) in [4.78, 5) is 12.1. The lowest BCUT2D eigenvalue weighted by Crippen LogP contribution is -2.33. The van der Waals surface area contributed by atoms with Crippen LogP contribution in [0.1, 0.15) is 20.3 Å². The molecule has 0 atom stereocenters. The molecule has 0 radical (unpaired) electrons. The summed E-state index contributed by atoms with van der Waals surface area (Å²) < 4.78 is 4.91. The highest BCUT2D eigenvalue weighted by Gasteiger charge is 2.33. The molecule has 1 aromatic heterocycles. The van der Waals surface area contributed by atoms with E-state index in [0.717, 1.165) is 17.9 Å². The SMILES string of the molecule is CC(C)(C(=O)Nc1nnco1)C1=CCSCC1. The fourth-order valence-electron chi connectivity index (χ4n) is 1.72. The number of amides is 1. The number of anilines is 1. The van der Waals surface area contributed by atoms with Crippen LogP contribution < -0.4 is 5.32 Å². The molecule has 0 saturated heterocycles. The van der Waals surface area contributed by atoms with E-state index in [9.17, 15) is 4.79 Å². The zero-order chi connectivity index (χ0) is 12.3. The summed E-state index contributed by atoms with van der Waals surface area (Å²) in [7, 11) is 0. The first kappa shape index (κ1) is 12.2. The lowest BCUT2D eigenvalue weighted by atomic mass is 9.81. The first-order valence-electron chi connectivity index (χ1n) is 5.45. The van der Waals surface area contributed by atoms with E-state index in [4.69, 9.17) is 4.42 Å². The van der Waals surface area contributed by atoms with Crippen LogP contribution >= 0.6 is 11.8 Å². The molecular weight excluding hydrogens is 238 g/mol. The number of carbonyl (C=O) groups excluding carboxylic acids is 1. The zero-order valence-corrected chi connectivity index (χ0v) is 10.7. The van der Waals surface area contributed by atoms with Crippen molar-refractivity contribution in [1.82, 2.24) is 10.2 Å². The van der Waals surface area contributed by atoms with Gasteiger partial charge in [-0.3, -0.25) is 10.1 Å². The van der Waals surface area contributed by atoms with Gasteiger partial charge in [0.25, 0.3) is 0 Å². The average molecular weight is 253 g/mol. The van der Waals surface area contributed by atoms with Crippen molar-refractivity contribution in [2.75, 3.05) is 16.8 Å². The third kappa shape index (κ3) is 2.69. The second kappa shape index (κ2) is 4.91. The second-order valence-electron chi connectivity index (χ2n) is 4.38. The lowest BCUT2D eigenvalue weighted by Gasteiger charge is -2.28. The molecule has 17 heavy (non-hydrogen) atoms. The van der Waals surface area contributed by atoms with Crippen molar-refractivity contribution in [3.63, 3.8) is 0 Å². The summed E-state index contributed by atoms with van der Waals surface area (Å²) in [5.74, 6) is 1.94. The van der Waals surface area contributed by atoms with Crippen molar-refractivity contribution in [2.45, 2.75) is 20.3 Å². The molecule has 2 heterocycles. The third-order valence-electron chi connectivity index (χ3n) is 2.91. The molecule has 6 heteroatoms. The summed E-state index contributed by atoms with van der Waals surface area (Å²) in [6.07, 6.45) is 4.29. The maximum Gasteiger partial charge on any atom is 0.322 e. The zero-order valence-electron chi connectivity index (χ0n) is 9.90.